The SMILES string of the molecule is CCO[Si](OCC)(OCC)C(C)[C]1CCCCC1. The van der Waals surface area contributed by atoms with Gasteiger partial charge in [-0.05, 0) is 39.5 Å². The van der Waals surface area contributed by atoms with Crippen LogP contribution in [0.1, 0.15) is 59.8 Å². The first-order valence-corrected chi connectivity index (χ1v) is 9.26. The Morgan fingerprint density at radius 3 is 1.72 bits per heavy atom. The van der Waals surface area contributed by atoms with Crippen molar-refractivity contribution in [3.05, 3.63) is 5.92 Å². The molecule has 0 N–H and O–H groups in total. The van der Waals surface area contributed by atoms with E-state index in [1.54, 1.807) is 5.92 Å². The second-order valence-electron chi connectivity index (χ2n) is 4.84. The largest absolute Gasteiger partial charge is 0.504 e. The molecule has 1 aliphatic carbocycles. The minimum Gasteiger partial charge on any atom is -0.374 e. The fraction of sp³-hybridized carbons (Fsp3) is 0.929. The molecule has 0 amide bonds. The maximum atomic E-state index is 6.00. The van der Waals surface area contributed by atoms with Crippen LogP contribution in [-0.4, -0.2) is 28.6 Å². The summed E-state index contributed by atoms with van der Waals surface area (Å²) in [5.41, 5.74) is 0.345. The van der Waals surface area contributed by atoms with Crippen LogP contribution < -0.4 is 0 Å². The van der Waals surface area contributed by atoms with Gasteiger partial charge in [0.25, 0.3) is 0 Å². The van der Waals surface area contributed by atoms with Gasteiger partial charge in [0.1, 0.15) is 0 Å². The van der Waals surface area contributed by atoms with Gasteiger partial charge in [0.2, 0.25) is 0 Å². The topological polar surface area (TPSA) is 27.7 Å². The van der Waals surface area contributed by atoms with Crippen molar-refractivity contribution in [2.75, 3.05) is 19.8 Å². The van der Waals surface area contributed by atoms with Gasteiger partial charge < -0.3 is 13.3 Å². The van der Waals surface area contributed by atoms with Crippen LogP contribution in [0.2, 0.25) is 5.54 Å². The van der Waals surface area contributed by atoms with Crippen LogP contribution in [0.3, 0.4) is 0 Å². The molecule has 1 aliphatic rings. The van der Waals surface area contributed by atoms with Gasteiger partial charge in [0, 0.05) is 25.4 Å². The van der Waals surface area contributed by atoms with E-state index in [-0.39, 0.29) is 0 Å². The van der Waals surface area contributed by atoms with Crippen molar-refractivity contribution >= 4 is 8.80 Å². The first kappa shape index (κ1) is 16.2. The summed E-state index contributed by atoms with van der Waals surface area (Å²) in [6.45, 7) is 10.3. The average Bonchev–Trinajstić information content (AvgIpc) is 2.39. The Morgan fingerprint density at radius 2 is 1.33 bits per heavy atom. The van der Waals surface area contributed by atoms with Crippen LogP contribution in [0.4, 0.5) is 0 Å². The van der Waals surface area contributed by atoms with E-state index in [0.717, 1.165) is 0 Å². The molecule has 0 spiro atoms. The normalized spacial score (nSPS) is 20.0. The zero-order valence-electron chi connectivity index (χ0n) is 12.5. The quantitative estimate of drug-likeness (QED) is 0.626. The van der Waals surface area contributed by atoms with Crippen molar-refractivity contribution in [3.63, 3.8) is 0 Å². The van der Waals surface area contributed by atoms with Crippen molar-refractivity contribution in [1.82, 2.24) is 0 Å². The third-order valence-electron chi connectivity index (χ3n) is 3.68. The van der Waals surface area contributed by atoms with Crippen molar-refractivity contribution < 1.29 is 13.3 Å². The highest BCUT2D eigenvalue weighted by molar-refractivity contribution is 6.63. The van der Waals surface area contributed by atoms with E-state index in [1.807, 2.05) is 20.8 Å². The highest BCUT2D eigenvalue weighted by atomic mass is 28.4. The highest BCUT2D eigenvalue weighted by Crippen LogP contribution is 2.42. The van der Waals surface area contributed by atoms with E-state index < -0.39 is 8.80 Å². The lowest BCUT2D eigenvalue weighted by Crippen LogP contribution is -2.51. The van der Waals surface area contributed by atoms with Crippen LogP contribution in [0.15, 0.2) is 0 Å². The Hall–Kier alpha value is 0.0969. The van der Waals surface area contributed by atoms with Gasteiger partial charge in [0.05, 0.1) is 0 Å². The summed E-state index contributed by atoms with van der Waals surface area (Å²) in [5.74, 6) is 1.60. The average molecular weight is 273 g/mol. The summed E-state index contributed by atoms with van der Waals surface area (Å²) in [5, 5.41) is 0. The van der Waals surface area contributed by atoms with Crippen LogP contribution >= 0.6 is 0 Å². The monoisotopic (exact) mass is 273 g/mol. The molecule has 3 nitrogen and oxygen atoms in total. The molecule has 0 saturated heterocycles. The van der Waals surface area contributed by atoms with E-state index in [0.29, 0.717) is 25.4 Å². The van der Waals surface area contributed by atoms with Crippen molar-refractivity contribution in [2.45, 2.75) is 65.3 Å². The number of hydrogen-bond acceptors (Lipinski definition) is 3. The molecule has 1 fully saturated rings. The molecular weight excluding hydrogens is 244 g/mol. The Labute approximate surface area is 114 Å². The first-order valence-electron chi connectivity index (χ1n) is 7.46. The molecule has 1 rings (SSSR count). The molecular formula is C14H29O3Si. The lowest BCUT2D eigenvalue weighted by atomic mass is 9.87. The standard InChI is InChI=1S/C14H29O3Si/c1-5-15-18(16-6-2,17-7-3)13(4)14-11-9-8-10-12-14/h13H,5-12H2,1-4H3. The predicted molar refractivity (Wildman–Crippen MR) is 76.4 cm³/mol. The minimum absolute atomic E-state index is 0.345. The second-order valence-corrected chi connectivity index (χ2v) is 7.78. The maximum absolute atomic E-state index is 6.00. The summed E-state index contributed by atoms with van der Waals surface area (Å²) in [6, 6.07) is 0. The summed E-state index contributed by atoms with van der Waals surface area (Å²) >= 11 is 0. The van der Waals surface area contributed by atoms with Gasteiger partial charge >= 0.3 is 8.80 Å². The van der Waals surface area contributed by atoms with E-state index in [2.05, 4.69) is 6.92 Å². The van der Waals surface area contributed by atoms with Crippen LogP contribution in [0.25, 0.3) is 0 Å². The smallest absolute Gasteiger partial charge is 0.374 e. The molecule has 0 aliphatic heterocycles. The molecule has 0 aromatic rings. The van der Waals surface area contributed by atoms with Crippen LogP contribution in [0, 0.1) is 5.92 Å². The van der Waals surface area contributed by atoms with Gasteiger partial charge in [-0.2, -0.15) is 0 Å². The molecule has 1 unspecified atom stereocenters. The molecule has 0 bridgehead atoms. The fourth-order valence-corrected chi connectivity index (χ4v) is 5.79. The van der Waals surface area contributed by atoms with E-state index in [1.165, 1.54) is 32.1 Å². The molecule has 0 aromatic heterocycles. The lowest BCUT2D eigenvalue weighted by Gasteiger charge is -2.38. The van der Waals surface area contributed by atoms with Crippen molar-refractivity contribution in [1.29, 1.82) is 0 Å². The van der Waals surface area contributed by atoms with Gasteiger partial charge in [-0.25, -0.2) is 0 Å². The summed E-state index contributed by atoms with van der Waals surface area (Å²) in [7, 11) is -2.52. The third kappa shape index (κ3) is 4.05. The summed E-state index contributed by atoms with van der Waals surface area (Å²) < 4.78 is 18.0. The zero-order valence-corrected chi connectivity index (χ0v) is 13.5. The first-order chi connectivity index (χ1) is 8.70. The lowest BCUT2D eigenvalue weighted by molar-refractivity contribution is 0.0624. The van der Waals surface area contributed by atoms with E-state index in [9.17, 15) is 0 Å². The molecule has 1 saturated carbocycles. The third-order valence-corrected chi connectivity index (χ3v) is 7.22. The van der Waals surface area contributed by atoms with Gasteiger partial charge in [0.15, 0.2) is 0 Å². The molecule has 0 heterocycles. The van der Waals surface area contributed by atoms with Gasteiger partial charge in [-0.15, -0.1) is 0 Å². The van der Waals surface area contributed by atoms with Crippen molar-refractivity contribution in [3.8, 4) is 0 Å². The summed E-state index contributed by atoms with van der Waals surface area (Å²) in [4.78, 5) is 0. The van der Waals surface area contributed by atoms with E-state index in [4.69, 9.17) is 13.3 Å². The number of rotatable bonds is 8. The molecule has 107 valence electrons. The molecule has 1 radical (unpaired) electrons. The molecule has 4 heteroatoms. The highest BCUT2D eigenvalue weighted by Gasteiger charge is 2.50. The molecule has 1 atom stereocenters. The maximum Gasteiger partial charge on any atom is 0.504 e. The van der Waals surface area contributed by atoms with Gasteiger partial charge in [-0.1, -0.05) is 26.2 Å². The summed E-state index contributed by atoms with van der Waals surface area (Å²) in [6.07, 6.45) is 6.44. The van der Waals surface area contributed by atoms with Crippen LogP contribution in [0.5, 0.6) is 0 Å². The fourth-order valence-electron chi connectivity index (χ4n) is 2.79. The van der Waals surface area contributed by atoms with E-state index >= 15 is 0 Å². The second kappa shape index (κ2) is 8.30. The zero-order chi connectivity index (χ0) is 13.4. The Bertz CT molecular complexity index is 200. The molecule has 0 aromatic carbocycles. The predicted octanol–water partition coefficient (Wildman–Crippen LogP) is 3.96. The Balaban J connectivity index is 2.76. The van der Waals surface area contributed by atoms with Crippen LogP contribution in [-0.2, 0) is 13.3 Å². The van der Waals surface area contributed by atoms with Gasteiger partial charge in [-0.3, -0.25) is 0 Å². The Morgan fingerprint density at radius 1 is 0.889 bits per heavy atom. The van der Waals surface area contributed by atoms with Crippen molar-refractivity contribution in [2.24, 2.45) is 0 Å². The molecule has 18 heavy (non-hydrogen) atoms. The number of hydrogen-bond donors (Lipinski definition) is 0. The minimum atomic E-state index is -2.52. The Kier molecular flexibility index (Phi) is 7.45.